The minimum Gasteiger partial charge on any atom is -0.397 e. The third-order valence-corrected chi connectivity index (χ3v) is 2.38. The van der Waals surface area contributed by atoms with Crippen LogP contribution in [0.25, 0.3) is 0 Å². The van der Waals surface area contributed by atoms with E-state index in [0.29, 0.717) is 17.2 Å². The van der Waals surface area contributed by atoms with Gasteiger partial charge in [-0.15, -0.1) is 0 Å². The predicted molar refractivity (Wildman–Crippen MR) is 67.8 cm³/mol. The first-order valence-electron chi connectivity index (χ1n) is 5.26. The Morgan fingerprint density at radius 3 is 2.58 bits per heavy atom. The number of pyridine rings is 1. The summed E-state index contributed by atoms with van der Waals surface area (Å²) in [6, 6.07) is 9.13. The molecule has 2 rings (SSSR count). The molecule has 5 nitrogen and oxygen atoms in total. The summed E-state index contributed by atoms with van der Waals surface area (Å²) >= 11 is 0. The Balaban J connectivity index is 2.37. The summed E-state index contributed by atoms with van der Waals surface area (Å²) in [6.45, 7) is 0. The van der Waals surface area contributed by atoms with Crippen molar-refractivity contribution in [3.05, 3.63) is 47.4 Å². The Bertz CT molecular complexity index is 712. The van der Waals surface area contributed by atoms with Gasteiger partial charge in [-0.3, -0.25) is 0 Å². The first kappa shape index (κ1) is 12.3. The first-order valence-corrected chi connectivity index (χ1v) is 5.26. The maximum Gasteiger partial charge on any atom is 0.148 e. The lowest BCUT2D eigenvalue weighted by Crippen LogP contribution is -1.99. The third-order valence-electron chi connectivity index (χ3n) is 2.38. The van der Waals surface area contributed by atoms with E-state index in [1.165, 1.54) is 30.5 Å². The van der Waals surface area contributed by atoms with E-state index in [4.69, 9.17) is 16.3 Å². The average molecular weight is 253 g/mol. The highest BCUT2D eigenvalue weighted by molar-refractivity contribution is 5.66. The molecule has 0 saturated heterocycles. The summed E-state index contributed by atoms with van der Waals surface area (Å²) in [5.41, 5.74) is 6.55. The van der Waals surface area contributed by atoms with Crippen LogP contribution in [0.3, 0.4) is 0 Å². The summed E-state index contributed by atoms with van der Waals surface area (Å²) in [6.07, 6.45) is 1.40. The van der Waals surface area contributed by atoms with Gasteiger partial charge in [0.25, 0.3) is 0 Å². The summed E-state index contributed by atoms with van der Waals surface area (Å²) < 4.78 is 13.2. The molecule has 0 aliphatic heterocycles. The van der Waals surface area contributed by atoms with Gasteiger partial charge in [-0.25, -0.2) is 9.37 Å². The second-order valence-electron chi connectivity index (χ2n) is 3.71. The molecule has 6 heteroatoms. The van der Waals surface area contributed by atoms with E-state index in [-0.39, 0.29) is 11.1 Å². The van der Waals surface area contributed by atoms with E-state index in [1.807, 2.05) is 6.07 Å². The van der Waals surface area contributed by atoms with E-state index in [0.717, 1.165) is 0 Å². The zero-order valence-corrected chi connectivity index (χ0v) is 9.68. The van der Waals surface area contributed by atoms with Crippen LogP contribution in [0.15, 0.2) is 30.5 Å². The van der Waals surface area contributed by atoms with Crippen molar-refractivity contribution < 1.29 is 4.39 Å². The van der Waals surface area contributed by atoms with Gasteiger partial charge in [0.2, 0.25) is 0 Å². The largest absolute Gasteiger partial charge is 0.397 e. The molecule has 0 fully saturated rings. The molecule has 0 aliphatic carbocycles. The number of nitrogens with one attached hydrogen (secondary N) is 1. The molecule has 0 radical (unpaired) electrons. The van der Waals surface area contributed by atoms with Crippen LogP contribution in [-0.2, 0) is 0 Å². The SMILES string of the molecule is N#Cc1cc(Nc2ncc(N)cc2C#N)ccc1F. The number of nitrogens with zero attached hydrogens (tertiary/aromatic N) is 3. The summed E-state index contributed by atoms with van der Waals surface area (Å²) in [4.78, 5) is 3.99. The van der Waals surface area contributed by atoms with E-state index in [1.54, 1.807) is 6.07 Å². The van der Waals surface area contributed by atoms with Gasteiger partial charge in [-0.05, 0) is 24.3 Å². The normalized spacial score (nSPS) is 9.42. The number of hydrogen-bond donors (Lipinski definition) is 2. The molecule has 1 aromatic heterocycles. The Morgan fingerprint density at radius 1 is 1.16 bits per heavy atom. The number of benzene rings is 1. The van der Waals surface area contributed by atoms with Gasteiger partial charge in [0.1, 0.15) is 23.8 Å². The molecule has 0 spiro atoms. The zero-order valence-electron chi connectivity index (χ0n) is 9.68. The van der Waals surface area contributed by atoms with Crippen molar-refractivity contribution in [1.82, 2.24) is 4.98 Å². The second-order valence-corrected chi connectivity index (χ2v) is 3.71. The Kier molecular flexibility index (Phi) is 3.26. The maximum atomic E-state index is 13.2. The number of nitriles is 2. The van der Waals surface area contributed by atoms with Gasteiger partial charge in [0.15, 0.2) is 0 Å². The van der Waals surface area contributed by atoms with Crippen molar-refractivity contribution in [2.75, 3.05) is 11.1 Å². The number of hydrogen-bond acceptors (Lipinski definition) is 5. The fourth-order valence-electron chi connectivity index (χ4n) is 1.49. The average Bonchev–Trinajstić information content (AvgIpc) is 2.42. The molecule has 0 amide bonds. The van der Waals surface area contributed by atoms with Gasteiger partial charge in [0, 0.05) is 5.69 Å². The van der Waals surface area contributed by atoms with Crippen LogP contribution in [0.1, 0.15) is 11.1 Å². The molecule has 0 saturated carbocycles. The van der Waals surface area contributed by atoms with Gasteiger partial charge >= 0.3 is 0 Å². The van der Waals surface area contributed by atoms with E-state index < -0.39 is 5.82 Å². The van der Waals surface area contributed by atoms with Crippen molar-refractivity contribution in [2.45, 2.75) is 0 Å². The van der Waals surface area contributed by atoms with Crippen molar-refractivity contribution >= 4 is 17.2 Å². The topological polar surface area (TPSA) is 98.5 Å². The van der Waals surface area contributed by atoms with Gasteiger partial charge in [-0.2, -0.15) is 10.5 Å². The molecule has 19 heavy (non-hydrogen) atoms. The van der Waals surface area contributed by atoms with Crippen molar-refractivity contribution in [2.24, 2.45) is 0 Å². The van der Waals surface area contributed by atoms with Crippen LogP contribution < -0.4 is 11.1 Å². The van der Waals surface area contributed by atoms with Crippen LogP contribution >= 0.6 is 0 Å². The molecular formula is C13H8FN5. The number of aromatic nitrogens is 1. The molecule has 0 atom stereocenters. The molecule has 3 N–H and O–H groups in total. The Morgan fingerprint density at radius 2 is 1.89 bits per heavy atom. The fourth-order valence-corrected chi connectivity index (χ4v) is 1.49. The Labute approximate surface area is 108 Å². The molecular weight excluding hydrogens is 245 g/mol. The van der Waals surface area contributed by atoms with Crippen LogP contribution in [0.5, 0.6) is 0 Å². The lowest BCUT2D eigenvalue weighted by molar-refractivity contribution is 0.624. The van der Waals surface area contributed by atoms with Crippen LogP contribution in [0.4, 0.5) is 21.6 Å². The lowest BCUT2D eigenvalue weighted by Gasteiger charge is -2.08. The quantitative estimate of drug-likeness (QED) is 0.855. The molecule has 92 valence electrons. The smallest absolute Gasteiger partial charge is 0.148 e. The first-order chi connectivity index (χ1) is 9.13. The minimum atomic E-state index is -0.598. The summed E-state index contributed by atoms with van der Waals surface area (Å²) in [5, 5.41) is 20.6. The van der Waals surface area contributed by atoms with Crippen molar-refractivity contribution in [1.29, 1.82) is 10.5 Å². The number of halogens is 1. The van der Waals surface area contributed by atoms with Gasteiger partial charge in [0.05, 0.1) is 23.0 Å². The summed E-state index contributed by atoms with van der Waals surface area (Å²) in [5.74, 6) is -0.300. The number of rotatable bonds is 2. The molecule has 1 heterocycles. The van der Waals surface area contributed by atoms with Crippen LogP contribution in [-0.4, -0.2) is 4.98 Å². The predicted octanol–water partition coefficient (Wildman–Crippen LogP) is 2.29. The summed E-state index contributed by atoms with van der Waals surface area (Å²) in [7, 11) is 0. The highest BCUT2D eigenvalue weighted by Gasteiger charge is 2.07. The Hall–Kier alpha value is -3.12. The van der Waals surface area contributed by atoms with E-state index >= 15 is 0 Å². The van der Waals surface area contributed by atoms with E-state index in [9.17, 15) is 4.39 Å². The standard InChI is InChI=1S/C13H8FN5/c14-12-2-1-11(4-8(12)5-15)19-13-9(6-16)3-10(17)7-18-13/h1-4,7H,17H2,(H,18,19). The highest BCUT2D eigenvalue weighted by atomic mass is 19.1. The number of nitrogens with two attached hydrogens (primary N) is 1. The zero-order chi connectivity index (χ0) is 13.8. The molecule has 1 aromatic carbocycles. The second kappa shape index (κ2) is 5.03. The monoisotopic (exact) mass is 253 g/mol. The third kappa shape index (κ3) is 2.59. The van der Waals surface area contributed by atoms with Crippen molar-refractivity contribution in [3.63, 3.8) is 0 Å². The van der Waals surface area contributed by atoms with Crippen LogP contribution in [0.2, 0.25) is 0 Å². The number of nitrogen functional groups attached to an aromatic ring is 1. The van der Waals surface area contributed by atoms with Crippen LogP contribution in [0, 0.1) is 28.5 Å². The molecule has 0 bridgehead atoms. The molecule has 2 aromatic rings. The van der Waals surface area contributed by atoms with Gasteiger partial charge in [-0.1, -0.05) is 0 Å². The van der Waals surface area contributed by atoms with E-state index in [2.05, 4.69) is 10.3 Å². The van der Waals surface area contributed by atoms with Gasteiger partial charge < -0.3 is 11.1 Å². The number of anilines is 3. The molecule has 0 aliphatic rings. The van der Waals surface area contributed by atoms with Crippen molar-refractivity contribution in [3.8, 4) is 12.1 Å². The maximum absolute atomic E-state index is 13.2. The lowest BCUT2D eigenvalue weighted by atomic mass is 10.2. The molecule has 0 unspecified atom stereocenters. The fraction of sp³-hybridized carbons (Fsp3) is 0. The minimum absolute atomic E-state index is 0.0843. The highest BCUT2D eigenvalue weighted by Crippen LogP contribution is 2.21.